The maximum Gasteiger partial charge on any atom is 0.310 e. The zero-order valence-corrected chi connectivity index (χ0v) is 12.5. The van der Waals surface area contributed by atoms with E-state index in [-0.39, 0.29) is 18.0 Å². The van der Waals surface area contributed by atoms with Crippen LogP contribution in [-0.2, 0) is 9.59 Å². The third-order valence-electron chi connectivity index (χ3n) is 3.67. The predicted octanol–water partition coefficient (Wildman–Crippen LogP) is 1.48. The summed E-state index contributed by atoms with van der Waals surface area (Å²) in [4.78, 5) is 25.3. The molecule has 0 aliphatic carbocycles. The Balaban J connectivity index is 2.61. The predicted molar refractivity (Wildman–Crippen MR) is 73.9 cm³/mol. The van der Waals surface area contributed by atoms with E-state index in [2.05, 4.69) is 5.32 Å². The molecule has 110 valence electrons. The first kappa shape index (κ1) is 16.0. The number of amides is 1. The second kappa shape index (κ2) is 5.90. The van der Waals surface area contributed by atoms with Gasteiger partial charge < -0.3 is 10.4 Å². The van der Waals surface area contributed by atoms with Gasteiger partial charge in [0.25, 0.3) is 0 Å². The Labute approximate surface area is 115 Å². The molecule has 0 aromatic rings. The van der Waals surface area contributed by atoms with Gasteiger partial charge in [0.05, 0.1) is 12.0 Å². The molecule has 0 spiro atoms. The molecule has 1 saturated heterocycles. The van der Waals surface area contributed by atoms with Crippen LogP contribution in [0, 0.1) is 5.41 Å². The molecule has 0 aromatic heterocycles. The summed E-state index contributed by atoms with van der Waals surface area (Å²) in [5.74, 6) is -0.777. The zero-order valence-electron chi connectivity index (χ0n) is 12.5. The Hall–Kier alpha value is -1.10. The molecule has 1 aliphatic rings. The number of carboxylic acids is 1. The molecule has 5 nitrogen and oxygen atoms in total. The summed E-state index contributed by atoms with van der Waals surface area (Å²) in [6.45, 7) is 9.28. The number of hydrogen-bond donors (Lipinski definition) is 2. The van der Waals surface area contributed by atoms with Crippen LogP contribution in [0.5, 0.6) is 0 Å². The van der Waals surface area contributed by atoms with Gasteiger partial charge >= 0.3 is 5.97 Å². The van der Waals surface area contributed by atoms with Crippen molar-refractivity contribution in [3.8, 4) is 0 Å². The van der Waals surface area contributed by atoms with E-state index in [0.29, 0.717) is 19.4 Å². The minimum absolute atomic E-state index is 0.0372. The highest BCUT2D eigenvalue weighted by Gasteiger charge is 2.41. The van der Waals surface area contributed by atoms with E-state index in [4.69, 9.17) is 0 Å². The lowest BCUT2D eigenvalue weighted by Crippen LogP contribution is -2.52. The van der Waals surface area contributed by atoms with Gasteiger partial charge in [0.2, 0.25) is 5.91 Å². The third-order valence-corrected chi connectivity index (χ3v) is 3.67. The number of carbonyl (C=O) groups is 2. The largest absolute Gasteiger partial charge is 0.481 e. The van der Waals surface area contributed by atoms with Crippen LogP contribution >= 0.6 is 0 Å². The summed E-state index contributed by atoms with van der Waals surface area (Å²) in [6, 6.07) is 0. The maximum atomic E-state index is 11.9. The van der Waals surface area contributed by atoms with Crippen molar-refractivity contribution in [3.05, 3.63) is 0 Å². The molecule has 2 N–H and O–H groups in total. The molecule has 0 radical (unpaired) electrons. The fourth-order valence-electron chi connectivity index (χ4n) is 2.64. The maximum absolute atomic E-state index is 11.9. The lowest BCUT2D eigenvalue weighted by atomic mass is 9.77. The molecule has 1 atom stereocenters. The van der Waals surface area contributed by atoms with Gasteiger partial charge in [0.1, 0.15) is 0 Å². The zero-order chi connectivity index (χ0) is 14.7. The van der Waals surface area contributed by atoms with Gasteiger partial charge in [-0.1, -0.05) is 6.92 Å². The molecule has 1 unspecified atom stereocenters. The topological polar surface area (TPSA) is 69.6 Å². The van der Waals surface area contributed by atoms with E-state index in [1.54, 1.807) is 0 Å². The number of nitrogens with zero attached hydrogens (tertiary/aromatic N) is 1. The fourth-order valence-corrected chi connectivity index (χ4v) is 2.64. The van der Waals surface area contributed by atoms with Crippen LogP contribution < -0.4 is 5.32 Å². The minimum atomic E-state index is -0.740. The normalized spacial score (nSPS) is 25.1. The number of piperidine rings is 1. The van der Waals surface area contributed by atoms with Crippen LogP contribution in [0.3, 0.4) is 0 Å². The molecule has 0 saturated carbocycles. The van der Waals surface area contributed by atoms with Gasteiger partial charge in [0.15, 0.2) is 0 Å². The third kappa shape index (κ3) is 4.49. The molecule has 1 aliphatic heterocycles. The summed E-state index contributed by atoms with van der Waals surface area (Å²) in [5.41, 5.74) is -0.929. The number of rotatable bonds is 4. The Morgan fingerprint density at radius 1 is 1.37 bits per heavy atom. The van der Waals surface area contributed by atoms with Crippen molar-refractivity contribution >= 4 is 11.9 Å². The molecular weight excluding hydrogens is 244 g/mol. The Bertz CT molecular complexity index is 349. The highest BCUT2D eigenvalue weighted by atomic mass is 16.4. The van der Waals surface area contributed by atoms with E-state index in [1.807, 2.05) is 32.6 Å². The van der Waals surface area contributed by atoms with Crippen LogP contribution in [-0.4, -0.2) is 47.1 Å². The lowest BCUT2D eigenvalue weighted by molar-refractivity contribution is -0.153. The van der Waals surface area contributed by atoms with Crippen molar-refractivity contribution in [1.29, 1.82) is 0 Å². The van der Waals surface area contributed by atoms with Crippen LogP contribution in [0.2, 0.25) is 0 Å². The molecule has 1 heterocycles. The average molecular weight is 270 g/mol. The second-order valence-electron chi connectivity index (χ2n) is 6.55. The van der Waals surface area contributed by atoms with Crippen LogP contribution in [0.15, 0.2) is 0 Å². The first-order valence-corrected chi connectivity index (χ1v) is 6.95. The molecule has 19 heavy (non-hydrogen) atoms. The van der Waals surface area contributed by atoms with E-state index in [0.717, 1.165) is 13.0 Å². The van der Waals surface area contributed by atoms with E-state index < -0.39 is 11.4 Å². The van der Waals surface area contributed by atoms with Crippen LogP contribution in [0.1, 0.15) is 47.0 Å². The highest BCUT2D eigenvalue weighted by molar-refractivity contribution is 5.79. The number of aliphatic carboxylic acids is 1. The van der Waals surface area contributed by atoms with Gasteiger partial charge in [-0.15, -0.1) is 0 Å². The fraction of sp³-hybridized carbons (Fsp3) is 0.857. The number of hydrogen-bond acceptors (Lipinski definition) is 3. The Kier molecular flexibility index (Phi) is 4.96. The summed E-state index contributed by atoms with van der Waals surface area (Å²) in [6.07, 6.45) is 2.15. The monoisotopic (exact) mass is 270 g/mol. The van der Waals surface area contributed by atoms with Crippen molar-refractivity contribution in [3.63, 3.8) is 0 Å². The van der Waals surface area contributed by atoms with Gasteiger partial charge in [-0.05, 0) is 46.6 Å². The molecule has 0 bridgehead atoms. The quantitative estimate of drug-likeness (QED) is 0.812. The van der Waals surface area contributed by atoms with E-state index >= 15 is 0 Å². The van der Waals surface area contributed by atoms with Gasteiger partial charge in [-0.2, -0.15) is 0 Å². The van der Waals surface area contributed by atoms with E-state index in [9.17, 15) is 14.7 Å². The molecule has 1 rings (SSSR count). The van der Waals surface area contributed by atoms with Crippen molar-refractivity contribution in [1.82, 2.24) is 10.2 Å². The van der Waals surface area contributed by atoms with E-state index in [1.165, 1.54) is 0 Å². The standard InChI is InChI=1S/C14H26N2O3/c1-5-14(12(18)19)7-6-8-16(10-14)9-11(17)15-13(2,3)4/h5-10H2,1-4H3,(H,15,17)(H,18,19). The molecule has 5 heteroatoms. The number of likely N-dealkylation sites (tertiary alicyclic amines) is 1. The van der Waals surface area contributed by atoms with Gasteiger partial charge in [0, 0.05) is 12.1 Å². The Morgan fingerprint density at radius 2 is 2.00 bits per heavy atom. The number of carbonyl (C=O) groups excluding carboxylic acids is 1. The van der Waals surface area contributed by atoms with Crippen LogP contribution in [0.25, 0.3) is 0 Å². The number of carboxylic acid groups (broad SMARTS) is 1. The SMILES string of the molecule is CCC1(C(=O)O)CCCN(CC(=O)NC(C)(C)C)C1. The average Bonchev–Trinajstić information content (AvgIpc) is 2.26. The lowest BCUT2D eigenvalue weighted by Gasteiger charge is -2.39. The molecular formula is C14H26N2O3. The van der Waals surface area contributed by atoms with Crippen molar-refractivity contribution < 1.29 is 14.7 Å². The summed E-state index contributed by atoms with van der Waals surface area (Å²) >= 11 is 0. The molecule has 1 fully saturated rings. The van der Waals surface area contributed by atoms with Crippen molar-refractivity contribution in [2.45, 2.75) is 52.5 Å². The first-order valence-electron chi connectivity index (χ1n) is 6.95. The summed E-state index contributed by atoms with van der Waals surface area (Å²) < 4.78 is 0. The van der Waals surface area contributed by atoms with Crippen molar-refractivity contribution in [2.24, 2.45) is 5.41 Å². The van der Waals surface area contributed by atoms with Crippen LogP contribution in [0.4, 0.5) is 0 Å². The van der Waals surface area contributed by atoms with Gasteiger partial charge in [-0.25, -0.2) is 0 Å². The number of nitrogens with one attached hydrogen (secondary N) is 1. The van der Waals surface area contributed by atoms with Crippen molar-refractivity contribution in [2.75, 3.05) is 19.6 Å². The Morgan fingerprint density at radius 3 is 2.47 bits per heavy atom. The highest BCUT2D eigenvalue weighted by Crippen LogP contribution is 2.33. The minimum Gasteiger partial charge on any atom is -0.481 e. The smallest absolute Gasteiger partial charge is 0.310 e. The summed E-state index contributed by atoms with van der Waals surface area (Å²) in [7, 11) is 0. The summed E-state index contributed by atoms with van der Waals surface area (Å²) in [5, 5.41) is 12.3. The molecule has 1 amide bonds. The molecule has 0 aromatic carbocycles. The second-order valence-corrected chi connectivity index (χ2v) is 6.55. The first-order chi connectivity index (χ1) is 8.68. The van der Waals surface area contributed by atoms with Gasteiger partial charge in [-0.3, -0.25) is 14.5 Å².